The third kappa shape index (κ3) is 4.30. The number of pyridine rings is 1. The fraction of sp³-hybridized carbons (Fsp3) is 0.529. The Morgan fingerprint density at radius 2 is 2.15 bits per heavy atom. The average Bonchev–Trinajstić information content (AvgIpc) is 3.00. The van der Waals surface area contributed by atoms with Gasteiger partial charge in [-0.15, -0.1) is 0 Å². The molecular formula is C17H21ClN6O2. The van der Waals surface area contributed by atoms with Gasteiger partial charge < -0.3 is 14.2 Å². The van der Waals surface area contributed by atoms with Crippen molar-refractivity contribution in [2.75, 3.05) is 38.2 Å². The van der Waals surface area contributed by atoms with Crippen molar-refractivity contribution < 1.29 is 9.26 Å². The zero-order valence-corrected chi connectivity index (χ0v) is 15.6. The van der Waals surface area contributed by atoms with Crippen LogP contribution in [0.4, 0.5) is 5.82 Å². The van der Waals surface area contributed by atoms with E-state index in [-0.39, 0.29) is 11.8 Å². The summed E-state index contributed by atoms with van der Waals surface area (Å²) in [5, 5.41) is 13.5. The van der Waals surface area contributed by atoms with Crippen LogP contribution >= 0.6 is 11.6 Å². The van der Waals surface area contributed by atoms with E-state index < -0.39 is 0 Å². The molecule has 1 aliphatic rings. The molecule has 2 aromatic heterocycles. The average molecular weight is 377 g/mol. The normalized spacial score (nSPS) is 16.9. The van der Waals surface area contributed by atoms with Gasteiger partial charge in [0.25, 0.3) is 0 Å². The first-order valence-corrected chi connectivity index (χ1v) is 8.87. The summed E-state index contributed by atoms with van der Waals surface area (Å²) in [4.78, 5) is 13.2. The predicted molar refractivity (Wildman–Crippen MR) is 95.8 cm³/mol. The molecule has 0 aromatic carbocycles. The van der Waals surface area contributed by atoms with Crippen molar-refractivity contribution in [3.05, 3.63) is 34.6 Å². The number of anilines is 1. The number of hydrogen-bond acceptors (Lipinski definition) is 8. The zero-order valence-electron chi connectivity index (χ0n) is 14.9. The quantitative estimate of drug-likeness (QED) is 0.785. The second-order valence-electron chi connectivity index (χ2n) is 6.15. The summed E-state index contributed by atoms with van der Waals surface area (Å²) >= 11 is 5.97. The molecule has 0 amide bonds. The summed E-state index contributed by atoms with van der Waals surface area (Å²) in [6.07, 6.45) is 0.791. The molecule has 0 N–H and O–H groups in total. The number of aromatic nitrogens is 3. The molecule has 2 aromatic rings. The number of nitrogens with zero attached hydrogens (tertiary/aromatic N) is 6. The Hall–Kier alpha value is -2.21. The van der Waals surface area contributed by atoms with Crippen molar-refractivity contribution in [3.63, 3.8) is 0 Å². The molecule has 138 valence electrons. The van der Waals surface area contributed by atoms with Gasteiger partial charge in [0.2, 0.25) is 5.89 Å². The standard InChI is InChI=1S/C17H21ClN6O2/c1-12(25-2)17-21-16(26-22-17)11-23-6-3-7-24(9-8-23)15-5-4-13(18)14(10-19)20-15/h4-5,12H,3,6-9,11H2,1-2H3. The van der Waals surface area contributed by atoms with Crippen LogP contribution in [-0.2, 0) is 11.3 Å². The lowest BCUT2D eigenvalue weighted by atomic mass is 10.3. The number of hydrogen-bond donors (Lipinski definition) is 0. The lowest BCUT2D eigenvalue weighted by molar-refractivity contribution is 0.109. The van der Waals surface area contributed by atoms with Crippen LogP contribution < -0.4 is 4.90 Å². The summed E-state index contributed by atoms with van der Waals surface area (Å²) in [7, 11) is 1.62. The largest absolute Gasteiger partial charge is 0.374 e. The maximum absolute atomic E-state index is 9.11. The molecule has 0 radical (unpaired) electrons. The van der Waals surface area contributed by atoms with E-state index in [1.165, 1.54) is 0 Å². The Balaban J connectivity index is 1.61. The summed E-state index contributed by atoms with van der Waals surface area (Å²) in [5.74, 6) is 1.93. The summed E-state index contributed by atoms with van der Waals surface area (Å²) in [6.45, 7) is 5.92. The van der Waals surface area contributed by atoms with E-state index >= 15 is 0 Å². The van der Waals surface area contributed by atoms with Crippen LogP contribution in [0.15, 0.2) is 16.7 Å². The summed E-state index contributed by atoms with van der Waals surface area (Å²) in [6, 6.07) is 5.61. The lowest BCUT2D eigenvalue weighted by Crippen LogP contribution is -2.31. The number of nitriles is 1. The van der Waals surface area contributed by atoms with Crippen LogP contribution in [0.5, 0.6) is 0 Å². The Kier molecular flexibility index (Phi) is 6.04. The minimum atomic E-state index is -0.183. The molecule has 9 heteroatoms. The molecule has 8 nitrogen and oxygen atoms in total. The van der Waals surface area contributed by atoms with Gasteiger partial charge >= 0.3 is 0 Å². The van der Waals surface area contributed by atoms with Crippen molar-refractivity contribution >= 4 is 17.4 Å². The van der Waals surface area contributed by atoms with Crippen LogP contribution in [0, 0.1) is 11.3 Å². The molecular weight excluding hydrogens is 356 g/mol. The van der Waals surface area contributed by atoms with Crippen molar-refractivity contribution in [3.8, 4) is 6.07 Å². The van der Waals surface area contributed by atoms with Crippen molar-refractivity contribution in [2.24, 2.45) is 0 Å². The highest BCUT2D eigenvalue weighted by Crippen LogP contribution is 2.20. The van der Waals surface area contributed by atoms with E-state index in [2.05, 4.69) is 24.9 Å². The molecule has 1 unspecified atom stereocenters. The highest BCUT2D eigenvalue weighted by atomic mass is 35.5. The van der Waals surface area contributed by atoms with Crippen LogP contribution in [0.1, 0.15) is 36.9 Å². The van der Waals surface area contributed by atoms with E-state index in [4.69, 9.17) is 26.1 Å². The van der Waals surface area contributed by atoms with Gasteiger partial charge in [-0.3, -0.25) is 4.90 Å². The van der Waals surface area contributed by atoms with Gasteiger partial charge in [-0.25, -0.2) is 4.98 Å². The smallest absolute Gasteiger partial charge is 0.240 e. The van der Waals surface area contributed by atoms with Crippen LogP contribution in [0.25, 0.3) is 0 Å². The van der Waals surface area contributed by atoms with E-state index in [0.717, 1.165) is 38.4 Å². The van der Waals surface area contributed by atoms with Crippen molar-refractivity contribution in [1.29, 1.82) is 5.26 Å². The second kappa shape index (κ2) is 8.45. The molecule has 0 saturated carbocycles. The van der Waals surface area contributed by atoms with Crippen LogP contribution in [0.3, 0.4) is 0 Å². The van der Waals surface area contributed by atoms with E-state index in [1.54, 1.807) is 13.2 Å². The van der Waals surface area contributed by atoms with Gasteiger partial charge in [0.1, 0.15) is 18.0 Å². The van der Waals surface area contributed by atoms with Gasteiger partial charge in [-0.2, -0.15) is 10.2 Å². The van der Waals surface area contributed by atoms with Gasteiger partial charge in [-0.05, 0) is 25.5 Å². The summed E-state index contributed by atoms with van der Waals surface area (Å²) < 4.78 is 10.5. The molecule has 26 heavy (non-hydrogen) atoms. The topological polar surface area (TPSA) is 91.3 Å². The number of methoxy groups -OCH3 is 1. The van der Waals surface area contributed by atoms with Crippen LogP contribution in [0.2, 0.25) is 5.02 Å². The van der Waals surface area contributed by atoms with Gasteiger partial charge in [0.05, 0.1) is 11.6 Å². The first-order chi connectivity index (χ1) is 12.6. The minimum Gasteiger partial charge on any atom is -0.374 e. The van der Waals surface area contributed by atoms with Crippen molar-refractivity contribution in [1.82, 2.24) is 20.0 Å². The van der Waals surface area contributed by atoms with Gasteiger partial charge in [-0.1, -0.05) is 16.8 Å². The number of ether oxygens (including phenoxy) is 1. The maximum atomic E-state index is 9.11. The Morgan fingerprint density at radius 3 is 2.92 bits per heavy atom. The Morgan fingerprint density at radius 1 is 1.31 bits per heavy atom. The molecule has 0 spiro atoms. The SMILES string of the molecule is COC(C)c1noc(CN2CCCN(c3ccc(Cl)c(C#N)n3)CC2)n1. The second-order valence-corrected chi connectivity index (χ2v) is 6.56. The van der Waals surface area contributed by atoms with E-state index in [0.29, 0.717) is 23.3 Å². The molecule has 1 saturated heterocycles. The van der Waals surface area contributed by atoms with Gasteiger partial charge in [0, 0.05) is 33.3 Å². The Labute approximate surface area is 157 Å². The molecule has 0 aliphatic carbocycles. The summed E-state index contributed by atoms with van der Waals surface area (Å²) in [5.41, 5.74) is 0.260. The van der Waals surface area contributed by atoms with Gasteiger partial charge in [0.15, 0.2) is 11.5 Å². The molecule has 3 heterocycles. The maximum Gasteiger partial charge on any atom is 0.240 e. The van der Waals surface area contributed by atoms with Crippen LogP contribution in [-0.4, -0.2) is 53.3 Å². The first-order valence-electron chi connectivity index (χ1n) is 8.50. The van der Waals surface area contributed by atoms with E-state index in [9.17, 15) is 0 Å². The molecule has 1 aliphatic heterocycles. The Bertz CT molecular complexity index is 790. The highest BCUT2D eigenvalue weighted by molar-refractivity contribution is 6.31. The minimum absolute atomic E-state index is 0.183. The number of rotatable bonds is 5. The lowest BCUT2D eigenvalue weighted by Gasteiger charge is -2.22. The van der Waals surface area contributed by atoms with E-state index in [1.807, 2.05) is 19.1 Å². The predicted octanol–water partition coefficient (Wildman–Crippen LogP) is 2.41. The zero-order chi connectivity index (χ0) is 18.5. The fourth-order valence-corrected chi connectivity index (χ4v) is 2.99. The first kappa shape index (κ1) is 18.6. The van der Waals surface area contributed by atoms with Crippen molar-refractivity contribution in [2.45, 2.75) is 26.0 Å². The number of halogens is 1. The monoisotopic (exact) mass is 376 g/mol. The third-order valence-electron chi connectivity index (χ3n) is 4.41. The molecule has 3 rings (SSSR count). The third-order valence-corrected chi connectivity index (χ3v) is 4.71. The fourth-order valence-electron chi connectivity index (χ4n) is 2.84. The molecule has 0 bridgehead atoms. The molecule has 1 fully saturated rings. The highest BCUT2D eigenvalue weighted by Gasteiger charge is 2.20. The molecule has 1 atom stereocenters.